The van der Waals surface area contributed by atoms with E-state index < -0.39 is 0 Å². The molecule has 2 aromatic rings. The third-order valence-electron chi connectivity index (χ3n) is 3.16. The SMILES string of the molecule is COC(=O)c1cccc(-n2cnc(C3CC3)c2)c1. The summed E-state index contributed by atoms with van der Waals surface area (Å²) in [6.07, 6.45) is 6.30. The number of hydrogen-bond acceptors (Lipinski definition) is 3. The average Bonchev–Trinajstić information content (AvgIpc) is 3.15. The first-order valence-corrected chi connectivity index (χ1v) is 6.00. The van der Waals surface area contributed by atoms with Crippen molar-refractivity contribution in [2.75, 3.05) is 7.11 Å². The minimum Gasteiger partial charge on any atom is -0.465 e. The first kappa shape index (κ1) is 11.0. The number of ether oxygens (including phenoxy) is 1. The van der Waals surface area contributed by atoms with E-state index in [0.29, 0.717) is 11.5 Å². The van der Waals surface area contributed by atoms with Crippen molar-refractivity contribution >= 4 is 5.97 Å². The fourth-order valence-electron chi connectivity index (χ4n) is 1.98. The van der Waals surface area contributed by atoms with Gasteiger partial charge in [-0.25, -0.2) is 9.78 Å². The van der Waals surface area contributed by atoms with Gasteiger partial charge in [0.05, 0.1) is 24.7 Å². The number of carbonyl (C=O) groups is 1. The first-order valence-electron chi connectivity index (χ1n) is 6.00. The zero-order valence-corrected chi connectivity index (χ0v) is 10.2. The number of esters is 1. The second-order valence-electron chi connectivity index (χ2n) is 4.52. The number of methoxy groups -OCH3 is 1. The predicted octanol–water partition coefficient (Wildman–Crippen LogP) is 2.54. The quantitative estimate of drug-likeness (QED) is 0.777. The largest absolute Gasteiger partial charge is 0.465 e. The van der Waals surface area contributed by atoms with Crippen molar-refractivity contribution in [1.82, 2.24) is 9.55 Å². The Morgan fingerprint density at radius 1 is 1.44 bits per heavy atom. The molecule has 4 heteroatoms. The van der Waals surface area contributed by atoms with E-state index in [4.69, 9.17) is 4.74 Å². The minimum atomic E-state index is -0.320. The topological polar surface area (TPSA) is 44.1 Å². The zero-order chi connectivity index (χ0) is 12.5. The van der Waals surface area contributed by atoms with Gasteiger partial charge in [0.25, 0.3) is 0 Å². The lowest BCUT2D eigenvalue weighted by molar-refractivity contribution is 0.0600. The molecule has 92 valence electrons. The molecule has 1 aliphatic carbocycles. The maximum atomic E-state index is 11.5. The third kappa shape index (κ3) is 2.01. The Balaban J connectivity index is 1.92. The molecular weight excluding hydrogens is 228 g/mol. The summed E-state index contributed by atoms with van der Waals surface area (Å²) in [5.41, 5.74) is 2.62. The van der Waals surface area contributed by atoms with Gasteiger partial charge in [-0.15, -0.1) is 0 Å². The van der Waals surface area contributed by atoms with Crippen molar-refractivity contribution < 1.29 is 9.53 Å². The molecule has 1 heterocycles. The molecule has 0 radical (unpaired) electrons. The molecule has 1 aromatic heterocycles. The Morgan fingerprint density at radius 3 is 3.00 bits per heavy atom. The maximum Gasteiger partial charge on any atom is 0.337 e. The standard InChI is InChI=1S/C14H14N2O2/c1-18-14(17)11-3-2-4-12(7-11)16-8-13(15-9-16)10-5-6-10/h2-4,7-10H,5-6H2,1H3. The zero-order valence-electron chi connectivity index (χ0n) is 10.2. The summed E-state index contributed by atoms with van der Waals surface area (Å²) in [6, 6.07) is 7.35. The fraction of sp³-hybridized carbons (Fsp3) is 0.286. The maximum absolute atomic E-state index is 11.5. The summed E-state index contributed by atoms with van der Waals surface area (Å²) in [7, 11) is 1.39. The Bertz CT molecular complexity index is 585. The molecular formula is C14H14N2O2. The van der Waals surface area contributed by atoms with Crippen LogP contribution in [0.5, 0.6) is 0 Å². The van der Waals surface area contributed by atoms with Gasteiger partial charge in [-0.2, -0.15) is 0 Å². The van der Waals surface area contributed by atoms with Crippen LogP contribution in [0.2, 0.25) is 0 Å². The number of nitrogens with zero attached hydrogens (tertiary/aromatic N) is 2. The summed E-state index contributed by atoms with van der Waals surface area (Å²) >= 11 is 0. The molecule has 3 rings (SSSR count). The van der Waals surface area contributed by atoms with Crippen LogP contribution in [0.3, 0.4) is 0 Å². The summed E-state index contributed by atoms with van der Waals surface area (Å²) in [5.74, 6) is 0.314. The van der Waals surface area contributed by atoms with E-state index in [0.717, 1.165) is 11.4 Å². The minimum absolute atomic E-state index is 0.320. The number of benzene rings is 1. The van der Waals surface area contributed by atoms with Gasteiger partial charge in [0.2, 0.25) is 0 Å². The van der Waals surface area contributed by atoms with Crippen molar-refractivity contribution in [3.63, 3.8) is 0 Å². The number of hydrogen-bond donors (Lipinski definition) is 0. The van der Waals surface area contributed by atoms with Crippen molar-refractivity contribution in [3.8, 4) is 5.69 Å². The lowest BCUT2D eigenvalue weighted by Gasteiger charge is -2.04. The second-order valence-corrected chi connectivity index (χ2v) is 4.52. The average molecular weight is 242 g/mol. The van der Waals surface area contributed by atoms with Crippen LogP contribution in [0.25, 0.3) is 5.69 Å². The molecule has 18 heavy (non-hydrogen) atoms. The highest BCUT2D eigenvalue weighted by Crippen LogP contribution is 2.39. The Hall–Kier alpha value is -2.10. The van der Waals surface area contributed by atoms with Crippen molar-refractivity contribution in [2.24, 2.45) is 0 Å². The molecule has 0 aliphatic heterocycles. The van der Waals surface area contributed by atoms with Gasteiger partial charge in [0.1, 0.15) is 0 Å². The monoisotopic (exact) mass is 242 g/mol. The van der Waals surface area contributed by atoms with Gasteiger partial charge in [-0.3, -0.25) is 0 Å². The van der Waals surface area contributed by atoms with Crippen LogP contribution < -0.4 is 0 Å². The van der Waals surface area contributed by atoms with E-state index in [2.05, 4.69) is 4.98 Å². The van der Waals surface area contributed by atoms with Crippen LogP contribution in [0.15, 0.2) is 36.8 Å². The number of rotatable bonds is 3. The smallest absolute Gasteiger partial charge is 0.337 e. The van der Waals surface area contributed by atoms with E-state index in [1.165, 1.54) is 20.0 Å². The second kappa shape index (κ2) is 4.29. The van der Waals surface area contributed by atoms with Gasteiger partial charge < -0.3 is 9.30 Å². The number of imidazole rings is 1. The van der Waals surface area contributed by atoms with E-state index >= 15 is 0 Å². The third-order valence-corrected chi connectivity index (χ3v) is 3.16. The van der Waals surface area contributed by atoms with Crippen LogP contribution in [0.4, 0.5) is 0 Å². The van der Waals surface area contributed by atoms with Crippen molar-refractivity contribution in [2.45, 2.75) is 18.8 Å². The molecule has 0 bridgehead atoms. The number of carbonyl (C=O) groups excluding carboxylic acids is 1. The van der Waals surface area contributed by atoms with Crippen LogP contribution in [-0.2, 0) is 4.74 Å². The summed E-state index contributed by atoms with van der Waals surface area (Å²) in [6.45, 7) is 0. The Morgan fingerprint density at radius 2 is 2.28 bits per heavy atom. The molecule has 1 aromatic carbocycles. The normalized spacial score (nSPS) is 14.5. The molecule has 4 nitrogen and oxygen atoms in total. The Labute approximate surface area is 105 Å². The molecule has 0 saturated heterocycles. The molecule has 1 aliphatic rings. The van der Waals surface area contributed by atoms with Crippen LogP contribution in [0.1, 0.15) is 34.8 Å². The highest BCUT2D eigenvalue weighted by Gasteiger charge is 2.25. The van der Waals surface area contributed by atoms with Crippen molar-refractivity contribution in [3.05, 3.63) is 48.0 Å². The van der Waals surface area contributed by atoms with Gasteiger partial charge in [0, 0.05) is 17.8 Å². The van der Waals surface area contributed by atoms with Crippen molar-refractivity contribution in [1.29, 1.82) is 0 Å². The Kier molecular flexibility index (Phi) is 2.63. The van der Waals surface area contributed by atoms with Gasteiger partial charge in [-0.1, -0.05) is 6.07 Å². The lowest BCUT2D eigenvalue weighted by Crippen LogP contribution is -2.02. The van der Waals surface area contributed by atoms with Crippen LogP contribution in [-0.4, -0.2) is 22.6 Å². The molecule has 0 N–H and O–H groups in total. The van der Waals surface area contributed by atoms with Gasteiger partial charge in [0.15, 0.2) is 0 Å². The van der Waals surface area contributed by atoms with E-state index in [1.54, 1.807) is 12.4 Å². The molecule has 1 fully saturated rings. The molecule has 1 saturated carbocycles. The highest BCUT2D eigenvalue weighted by molar-refractivity contribution is 5.89. The van der Waals surface area contributed by atoms with E-state index in [1.807, 2.05) is 29.0 Å². The predicted molar refractivity (Wildman–Crippen MR) is 66.9 cm³/mol. The van der Waals surface area contributed by atoms with Crippen LogP contribution in [0, 0.1) is 0 Å². The fourth-order valence-corrected chi connectivity index (χ4v) is 1.98. The summed E-state index contributed by atoms with van der Waals surface area (Å²) in [5, 5.41) is 0. The van der Waals surface area contributed by atoms with E-state index in [-0.39, 0.29) is 5.97 Å². The molecule has 0 unspecified atom stereocenters. The van der Waals surface area contributed by atoms with E-state index in [9.17, 15) is 4.79 Å². The molecule has 0 amide bonds. The lowest BCUT2D eigenvalue weighted by atomic mass is 10.2. The first-order chi connectivity index (χ1) is 8.78. The molecule has 0 atom stereocenters. The summed E-state index contributed by atoms with van der Waals surface area (Å²) < 4.78 is 6.66. The van der Waals surface area contributed by atoms with Crippen LogP contribution >= 0.6 is 0 Å². The molecule has 0 spiro atoms. The van der Waals surface area contributed by atoms with Gasteiger partial charge >= 0.3 is 5.97 Å². The summed E-state index contributed by atoms with van der Waals surface area (Å²) in [4.78, 5) is 15.9. The number of aromatic nitrogens is 2. The highest BCUT2D eigenvalue weighted by atomic mass is 16.5. The van der Waals surface area contributed by atoms with Gasteiger partial charge in [-0.05, 0) is 31.0 Å².